The number of fused-ring (bicyclic) bond motifs is 2. The summed E-state index contributed by atoms with van der Waals surface area (Å²) in [5, 5.41) is 0. The van der Waals surface area contributed by atoms with Gasteiger partial charge in [-0.15, -0.1) is 6.42 Å². The molecule has 0 aliphatic carbocycles. The van der Waals surface area contributed by atoms with Crippen molar-refractivity contribution in [2.24, 2.45) is 0 Å². The van der Waals surface area contributed by atoms with E-state index in [0.717, 1.165) is 37.8 Å². The van der Waals surface area contributed by atoms with Gasteiger partial charge in [0.15, 0.2) is 0 Å². The number of aromatic nitrogens is 2. The molecular formula is C14H16N4O. The minimum Gasteiger partial charge on any atom is -0.378 e. The van der Waals surface area contributed by atoms with Crippen molar-refractivity contribution in [3.05, 3.63) is 18.0 Å². The molecule has 0 aromatic carbocycles. The molecule has 4 fully saturated rings. The second-order valence-corrected chi connectivity index (χ2v) is 5.50. The van der Waals surface area contributed by atoms with Gasteiger partial charge in [0.25, 0.3) is 0 Å². The lowest BCUT2D eigenvalue weighted by molar-refractivity contribution is -0.142. The van der Waals surface area contributed by atoms with Gasteiger partial charge < -0.3 is 9.64 Å². The molecule has 2 atom stereocenters. The molecule has 0 saturated carbocycles. The number of nitrogens with zero attached hydrogens (tertiary/aromatic N) is 4. The van der Waals surface area contributed by atoms with E-state index in [2.05, 4.69) is 25.7 Å². The van der Waals surface area contributed by atoms with Crippen LogP contribution in [-0.4, -0.2) is 59.3 Å². The van der Waals surface area contributed by atoms with Gasteiger partial charge >= 0.3 is 0 Å². The number of rotatable bonds is 2. The lowest BCUT2D eigenvalue weighted by Crippen LogP contribution is -2.74. The number of terminal acetylenes is 1. The summed E-state index contributed by atoms with van der Waals surface area (Å²) in [4.78, 5) is 13.6. The Kier molecular flexibility index (Phi) is 2.47. The maximum atomic E-state index is 5.32. The van der Waals surface area contributed by atoms with Crippen molar-refractivity contribution < 1.29 is 4.74 Å². The molecule has 5 heteroatoms. The van der Waals surface area contributed by atoms with Gasteiger partial charge in [-0.2, -0.15) is 0 Å². The predicted molar refractivity (Wildman–Crippen MR) is 70.8 cm³/mol. The second kappa shape index (κ2) is 4.19. The quantitative estimate of drug-likeness (QED) is 0.703. The fourth-order valence-corrected chi connectivity index (χ4v) is 3.35. The zero-order valence-corrected chi connectivity index (χ0v) is 10.7. The highest BCUT2D eigenvalue weighted by molar-refractivity contribution is 5.37. The SMILES string of the molecule is C#Cc1cnc(N2CC3CC(C2)N3C2COC2)nc1. The molecule has 0 spiro atoms. The second-order valence-electron chi connectivity index (χ2n) is 5.50. The summed E-state index contributed by atoms with van der Waals surface area (Å²) in [6, 6.07) is 1.93. The Morgan fingerprint density at radius 1 is 1.16 bits per heavy atom. The maximum Gasteiger partial charge on any atom is 0.225 e. The molecule has 2 unspecified atom stereocenters. The Bertz CT molecular complexity index is 507. The van der Waals surface area contributed by atoms with Crippen LogP contribution in [0.1, 0.15) is 12.0 Å². The maximum absolute atomic E-state index is 5.32. The Morgan fingerprint density at radius 3 is 2.37 bits per heavy atom. The molecule has 4 aliphatic rings. The van der Waals surface area contributed by atoms with Gasteiger partial charge in [-0.25, -0.2) is 9.97 Å². The van der Waals surface area contributed by atoms with E-state index in [9.17, 15) is 0 Å². The molecule has 0 radical (unpaired) electrons. The molecule has 1 aromatic heterocycles. The number of piperidine rings is 1. The average molecular weight is 256 g/mol. The number of hydrogen-bond acceptors (Lipinski definition) is 5. The van der Waals surface area contributed by atoms with Crippen LogP contribution in [0.25, 0.3) is 0 Å². The molecule has 5 heterocycles. The van der Waals surface area contributed by atoms with Gasteiger partial charge in [0.1, 0.15) is 0 Å². The van der Waals surface area contributed by atoms with Crippen molar-refractivity contribution in [2.75, 3.05) is 31.2 Å². The van der Waals surface area contributed by atoms with Gasteiger partial charge in [-0.1, -0.05) is 5.92 Å². The van der Waals surface area contributed by atoms with Crippen molar-refractivity contribution in [2.45, 2.75) is 24.5 Å². The Hall–Kier alpha value is -1.64. The van der Waals surface area contributed by atoms with Crippen LogP contribution in [0.5, 0.6) is 0 Å². The highest BCUT2D eigenvalue weighted by Crippen LogP contribution is 2.36. The van der Waals surface area contributed by atoms with E-state index in [1.54, 1.807) is 12.4 Å². The number of piperazine rings is 1. The van der Waals surface area contributed by atoms with E-state index < -0.39 is 0 Å². The minimum atomic E-state index is 0.642. The zero-order chi connectivity index (χ0) is 12.8. The van der Waals surface area contributed by atoms with E-state index in [-0.39, 0.29) is 0 Å². The third-order valence-electron chi connectivity index (χ3n) is 4.38. The third-order valence-corrected chi connectivity index (χ3v) is 4.38. The van der Waals surface area contributed by atoms with Gasteiger partial charge in [0, 0.05) is 37.6 Å². The standard InChI is InChI=1S/C14H16N4O/c1-2-10-4-15-14(16-5-10)17-6-11-3-12(7-17)18(11)13-8-19-9-13/h1,4-5,11-13H,3,6-9H2. The highest BCUT2D eigenvalue weighted by atomic mass is 16.5. The minimum absolute atomic E-state index is 0.642. The Balaban J connectivity index is 1.46. The monoisotopic (exact) mass is 256 g/mol. The largest absolute Gasteiger partial charge is 0.378 e. The van der Waals surface area contributed by atoms with Crippen LogP contribution in [0, 0.1) is 12.3 Å². The van der Waals surface area contributed by atoms with Crippen LogP contribution >= 0.6 is 0 Å². The van der Waals surface area contributed by atoms with Crippen LogP contribution in [0.2, 0.25) is 0 Å². The first-order valence-electron chi connectivity index (χ1n) is 6.74. The smallest absolute Gasteiger partial charge is 0.225 e. The Labute approximate surface area is 112 Å². The van der Waals surface area contributed by atoms with Crippen LogP contribution in [0.4, 0.5) is 5.95 Å². The molecule has 19 heavy (non-hydrogen) atoms. The zero-order valence-electron chi connectivity index (χ0n) is 10.7. The molecule has 5 rings (SSSR count). The first kappa shape index (κ1) is 11.2. The van der Waals surface area contributed by atoms with Gasteiger partial charge in [-0.3, -0.25) is 4.90 Å². The molecule has 98 valence electrons. The molecule has 2 bridgehead atoms. The summed E-state index contributed by atoms with van der Waals surface area (Å²) in [7, 11) is 0. The molecular weight excluding hydrogens is 240 g/mol. The Morgan fingerprint density at radius 2 is 1.84 bits per heavy atom. The molecule has 4 saturated heterocycles. The van der Waals surface area contributed by atoms with E-state index in [0.29, 0.717) is 18.1 Å². The normalized spacial score (nSPS) is 30.4. The van der Waals surface area contributed by atoms with Crippen molar-refractivity contribution in [1.82, 2.24) is 14.9 Å². The lowest BCUT2D eigenvalue weighted by Gasteiger charge is -2.60. The fourth-order valence-electron chi connectivity index (χ4n) is 3.35. The average Bonchev–Trinajstić information content (AvgIpc) is 2.43. The van der Waals surface area contributed by atoms with Crippen molar-refractivity contribution in [3.63, 3.8) is 0 Å². The first-order valence-corrected chi connectivity index (χ1v) is 6.74. The summed E-state index contributed by atoms with van der Waals surface area (Å²) in [5.41, 5.74) is 0.735. The lowest BCUT2D eigenvalue weighted by atomic mass is 9.85. The topological polar surface area (TPSA) is 41.5 Å². The van der Waals surface area contributed by atoms with E-state index in [4.69, 9.17) is 11.2 Å². The van der Waals surface area contributed by atoms with Crippen LogP contribution < -0.4 is 4.90 Å². The van der Waals surface area contributed by atoms with E-state index in [1.165, 1.54) is 6.42 Å². The molecule has 1 aromatic rings. The van der Waals surface area contributed by atoms with Gasteiger partial charge in [0.05, 0.1) is 24.8 Å². The van der Waals surface area contributed by atoms with E-state index >= 15 is 0 Å². The number of hydrogen-bond donors (Lipinski definition) is 0. The summed E-state index contributed by atoms with van der Waals surface area (Å²) in [5.74, 6) is 3.35. The van der Waals surface area contributed by atoms with Crippen LogP contribution in [0.15, 0.2) is 12.4 Å². The molecule has 4 aliphatic heterocycles. The van der Waals surface area contributed by atoms with Crippen LogP contribution in [-0.2, 0) is 4.74 Å². The summed E-state index contributed by atoms with van der Waals surface area (Å²) < 4.78 is 5.30. The van der Waals surface area contributed by atoms with Crippen molar-refractivity contribution in [1.29, 1.82) is 0 Å². The summed E-state index contributed by atoms with van der Waals surface area (Å²) in [6.45, 7) is 3.84. The van der Waals surface area contributed by atoms with Gasteiger partial charge in [-0.05, 0) is 6.42 Å². The third kappa shape index (κ3) is 1.71. The van der Waals surface area contributed by atoms with Crippen molar-refractivity contribution >= 4 is 5.95 Å². The highest BCUT2D eigenvalue weighted by Gasteiger charge is 2.49. The summed E-state index contributed by atoms with van der Waals surface area (Å²) >= 11 is 0. The fraction of sp³-hybridized carbons (Fsp3) is 0.571. The predicted octanol–water partition coefficient (Wildman–Crippen LogP) is 0.120. The summed E-state index contributed by atoms with van der Waals surface area (Å²) in [6.07, 6.45) is 10.1. The van der Waals surface area contributed by atoms with Crippen molar-refractivity contribution in [3.8, 4) is 12.3 Å². The van der Waals surface area contributed by atoms with E-state index in [1.807, 2.05) is 0 Å². The molecule has 0 N–H and O–H groups in total. The first-order chi connectivity index (χ1) is 9.35. The van der Waals surface area contributed by atoms with Crippen LogP contribution in [0.3, 0.4) is 0 Å². The number of ether oxygens (including phenoxy) is 1. The molecule has 5 nitrogen and oxygen atoms in total. The van der Waals surface area contributed by atoms with Gasteiger partial charge in [0.2, 0.25) is 5.95 Å². The number of anilines is 1. The molecule has 0 amide bonds.